The van der Waals surface area contributed by atoms with Crippen LogP contribution in [0, 0.1) is 19.7 Å². The summed E-state index contributed by atoms with van der Waals surface area (Å²) in [5, 5.41) is 6.44. The number of guanidine groups is 1. The average Bonchev–Trinajstić information content (AvgIpc) is 2.59. The lowest BCUT2D eigenvalue weighted by Crippen LogP contribution is -2.37. The monoisotopic (exact) mass is 344 g/mol. The lowest BCUT2D eigenvalue weighted by atomic mass is 10.1. The van der Waals surface area contributed by atoms with Gasteiger partial charge in [0, 0.05) is 23.9 Å². The van der Waals surface area contributed by atoms with E-state index in [9.17, 15) is 4.39 Å². The number of rotatable bonds is 6. The minimum absolute atomic E-state index is 0.253. The van der Waals surface area contributed by atoms with Gasteiger partial charge in [0.15, 0.2) is 5.96 Å². The molecule has 6 heteroatoms. The van der Waals surface area contributed by atoms with Crippen molar-refractivity contribution in [2.45, 2.75) is 33.9 Å². The van der Waals surface area contributed by atoms with Crippen LogP contribution in [0.5, 0.6) is 5.75 Å². The van der Waals surface area contributed by atoms with Crippen LogP contribution in [0.25, 0.3) is 0 Å². The number of ether oxygens (including phenoxy) is 1. The largest absolute Gasteiger partial charge is 0.496 e. The number of aromatic nitrogens is 1. The summed E-state index contributed by atoms with van der Waals surface area (Å²) >= 11 is 0. The SMILES string of the molecule is CCNC(=NCc1cccc(F)c1)NCc1ncc(C)c(OC)c1C. The Kier molecular flexibility index (Phi) is 6.74. The van der Waals surface area contributed by atoms with Gasteiger partial charge in [0.2, 0.25) is 0 Å². The molecule has 0 saturated carbocycles. The Hall–Kier alpha value is -2.63. The van der Waals surface area contributed by atoms with Crippen LogP contribution in [-0.2, 0) is 13.1 Å². The summed E-state index contributed by atoms with van der Waals surface area (Å²) in [6, 6.07) is 6.46. The lowest BCUT2D eigenvalue weighted by Gasteiger charge is -2.15. The van der Waals surface area contributed by atoms with Gasteiger partial charge in [-0.15, -0.1) is 0 Å². The molecule has 2 rings (SSSR count). The number of nitrogens with zero attached hydrogens (tertiary/aromatic N) is 2. The van der Waals surface area contributed by atoms with E-state index in [4.69, 9.17) is 4.74 Å². The number of halogens is 1. The predicted molar refractivity (Wildman–Crippen MR) is 98.3 cm³/mol. The normalized spacial score (nSPS) is 11.3. The molecule has 1 aromatic carbocycles. The van der Waals surface area contributed by atoms with Gasteiger partial charge < -0.3 is 15.4 Å². The molecule has 0 amide bonds. The Balaban J connectivity index is 2.08. The summed E-state index contributed by atoms with van der Waals surface area (Å²) < 4.78 is 18.7. The van der Waals surface area contributed by atoms with Crippen LogP contribution in [0.4, 0.5) is 4.39 Å². The fraction of sp³-hybridized carbons (Fsp3) is 0.368. The molecule has 5 nitrogen and oxygen atoms in total. The molecule has 0 bridgehead atoms. The summed E-state index contributed by atoms with van der Waals surface area (Å²) in [5.74, 6) is 1.26. The number of nitrogens with one attached hydrogen (secondary N) is 2. The molecular formula is C19H25FN4O. The molecule has 0 fully saturated rings. The molecule has 1 heterocycles. The van der Waals surface area contributed by atoms with Gasteiger partial charge in [-0.3, -0.25) is 4.98 Å². The topological polar surface area (TPSA) is 58.5 Å². The van der Waals surface area contributed by atoms with Gasteiger partial charge in [-0.05, 0) is 38.5 Å². The summed E-state index contributed by atoms with van der Waals surface area (Å²) in [6.07, 6.45) is 1.81. The predicted octanol–water partition coefficient (Wildman–Crippen LogP) is 3.10. The zero-order chi connectivity index (χ0) is 18.2. The van der Waals surface area contributed by atoms with Crippen LogP contribution in [0.1, 0.15) is 29.3 Å². The highest BCUT2D eigenvalue weighted by Gasteiger charge is 2.10. The summed E-state index contributed by atoms with van der Waals surface area (Å²) in [4.78, 5) is 8.97. The highest BCUT2D eigenvalue weighted by molar-refractivity contribution is 5.79. The molecule has 0 aliphatic rings. The second-order valence-electron chi connectivity index (χ2n) is 5.72. The van der Waals surface area contributed by atoms with E-state index in [1.54, 1.807) is 19.4 Å². The zero-order valence-corrected chi connectivity index (χ0v) is 15.2. The Morgan fingerprint density at radius 1 is 1.28 bits per heavy atom. The van der Waals surface area contributed by atoms with Gasteiger partial charge in [0.1, 0.15) is 11.6 Å². The van der Waals surface area contributed by atoms with E-state index in [2.05, 4.69) is 20.6 Å². The van der Waals surface area contributed by atoms with Crippen LogP contribution < -0.4 is 15.4 Å². The first-order valence-corrected chi connectivity index (χ1v) is 8.30. The van der Waals surface area contributed by atoms with Crippen molar-refractivity contribution < 1.29 is 9.13 Å². The van der Waals surface area contributed by atoms with Crippen molar-refractivity contribution >= 4 is 5.96 Å². The number of hydrogen-bond acceptors (Lipinski definition) is 3. The minimum atomic E-state index is -0.253. The van der Waals surface area contributed by atoms with Crippen LogP contribution in [0.3, 0.4) is 0 Å². The summed E-state index contributed by atoms with van der Waals surface area (Å²) in [6.45, 7) is 7.62. The van der Waals surface area contributed by atoms with Gasteiger partial charge in [-0.1, -0.05) is 12.1 Å². The minimum Gasteiger partial charge on any atom is -0.496 e. The average molecular weight is 344 g/mol. The number of hydrogen-bond donors (Lipinski definition) is 2. The van der Waals surface area contributed by atoms with Gasteiger partial charge in [-0.25, -0.2) is 9.38 Å². The van der Waals surface area contributed by atoms with Gasteiger partial charge in [0.25, 0.3) is 0 Å². The van der Waals surface area contributed by atoms with Crippen molar-refractivity contribution in [1.82, 2.24) is 15.6 Å². The van der Waals surface area contributed by atoms with Crippen molar-refractivity contribution in [2.75, 3.05) is 13.7 Å². The fourth-order valence-electron chi connectivity index (χ4n) is 2.56. The van der Waals surface area contributed by atoms with Crippen molar-refractivity contribution in [3.63, 3.8) is 0 Å². The Morgan fingerprint density at radius 3 is 2.76 bits per heavy atom. The molecule has 2 N–H and O–H groups in total. The first-order valence-electron chi connectivity index (χ1n) is 8.30. The lowest BCUT2D eigenvalue weighted by molar-refractivity contribution is 0.406. The van der Waals surface area contributed by atoms with Crippen LogP contribution >= 0.6 is 0 Å². The molecular weight excluding hydrogens is 319 g/mol. The van der Waals surface area contributed by atoms with E-state index in [-0.39, 0.29) is 5.82 Å². The molecule has 134 valence electrons. The van der Waals surface area contributed by atoms with Crippen molar-refractivity contribution in [1.29, 1.82) is 0 Å². The van der Waals surface area contributed by atoms with E-state index in [0.29, 0.717) is 19.0 Å². The second-order valence-corrected chi connectivity index (χ2v) is 5.72. The number of benzene rings is 1. The third-order valence-electron chi connectivity index (χ3n) is 3.83. The Bertz CT molecular complexity index is 746. The quantitative estimate of drug-likeness (QED) is 0.624. The Morgan fingerprint density at radius 2 is 2.08 bits per heavy atom. The molecule has 0 aliphatic carbocycles. The van der Waals surface area contributed by atoms with Gasteiger partial charge in [-0.2, -0.15) is 0 Å². The molecule has 0 saturated heterocycles. The Labute approximate surface area is 148 Å². The van der Waals surface area contributed by atoms with E-state index >= 15 is 0 Å². The maximum Gasteiger partial charge on any atom is 0.191 e. The highest BCUT2D eigenvalue weighted by Crippen LogP contribution is 2.23. The fourth-order valence-corrected chi connectivity index (χ4v) is 2.56. The third-order valence-corrected chi connectivity index (χ3v) is 3.83. The van der Waals surface area contributed by atoms with Gasteiger partial charge in [0.05, 0.1) is 25.9 Å². The standard InChI is InChI=1S/C19H25FN4O/c1-5-21-19(23-11-15-7-6-8-16(20)9-15)24-12-17-14(3)18(25-4)13(2)10-22-17/h6-10H,5,11-12H2,1-4H3,(H2,21,23,24). The second kappa shape index (κ2) is 9.01. The molecule has 0 unspecified atom stereocenters. The van der Waals surface area contributed by atoms with Crippen molar-refractivity contribution in [3.8, 4) is 5.75 Å². The number of aryl methyl sites for hydroxylation is 1. The van der Waals surface area contributed by atoms with Crippen LogP contribution in [0.15, 0.2) is 35.5 Å². The molecule has 0 aliphatic heterocycles. The van der Waals surface area contributed by atoms with E-state index in [0.717, 1.165) is 34.7 Å². The van der Waals surface area contributed by atoms with Crippen molar-refractivity contribution in [3.05, 3.63) is 58.7 Å². The molecule has 1 aromatic heterocycles. The number of methoxy groups -OCH3 is 1. The molecule has 0 atom stereocenters. The van der Waals surface area contributed by atoms with E-state index < -0.39 is 0 Å². The first-order chi connectivity index (χ1) is 12.0. The van der Waals surface area contributed by atoms with E-state index in [1.165, 1.54) is 12.1 Å². The van der Waals surface area contributed by atoms with E-state index in [1.807, 2.05) is 26.8 Å². The molecule has 0 spiro atoms. The number of aliphatic imine (C=N–C) groups is 1. The molecule has 2 aromatic rings. The maximum atomic E-state index is 13.3. The number of pyridine rings is 1. The smallest absolute Gasteiger partial charge is 0.191 e. The van der Waals surface area contributed by atoms with Crippen LogP contribution in [0.2, 0.25) is 0 Å². The zero-order valence-electron chi connectivity index (χ0n) is 15.2. The molecule has 25 heavy (non-hydrogen) atoms. The maximum absolute atomic E-state index is 13.3. The summed E-state index contributed by atoms with van der Waals surface area (Å²) in [7, 11) is 1.66. The highest BCUT2D eigenvalue weighted by atomic mass is 19.1. The molecule has 0 radical (unpaired) electrons. The van der Waals surface area contributed by atoms with Crippen molar-refractivity contribution in [2.24, 2.45) is 4.99 Å². The van der Waals surface area contributed by atoms with Gasteiger partial charge >= 0.3 is 0 Å². The first kappa shape index (κ1) is 18.7. The van der Waals surface area contributed by atoms with Crippen LogP contribution in [-0.4, -0.2) is 24.6 Å². The summed E-state index contributed by atoms with van der Waals surface area (Å²) in [5.41, 5.74) is 3.74. The third kappa shape index (κ3) is 5.17.